The van der Waals surface area contributed by atoms with Crippen LogP contribution in [0, 0.1) is 37.1 Å². The van der Waals surface area contributed by atoms with Crippen molar-refractivity contribution in [3.8, 4) is 61.8 Å². The van der Waals surface area contributed by atoms with Crippen molar-refractivity contribution in [2.45, 2.75) is 129 Å². The summed E-state index contributed by atoms with van der Waals surface area (Å²) in [6.45, 7) is 37.3. The summed E-state index contributed by atoms with van der Waals surface area (Å²) in [6, 6.07) is 83.7. The van der Waals surface area contributed by atoms with Gasteiger partial charge in [-0.25, -0.2) is 8.42 Å². The van der Waals surface area contributed by atoms with Crippen molar-refractivity contribution >= 4 is 138 Å². The molecule has 0 bridgehead atoms. The monoisotopic (exact) mass is 2270 g/mol. The average molecular weight is 2270 g/mol. The van der Waals surface area contributed by atoms with Crippen LogP contribution in [0.15, 0.2) is 245 Å². The number of nitrogens with zero attached hydrogens (tertiary/aromatic N) is 5. The van der Waals surface area contributed by atoms with Crippen LogP contribution in [-0.4, -0.2) is 65.2 Å². The second-order valence-electron chi connectivity index (χ2n) is 32.6. The maximum atomic E-state index is 12.6. The number of hydrogen-bond donors (Lipinski definition) is 0. The number of hydrogen-bond acceptors (Lipinski definition) is 8. The van der Waals surface area contributed by atoms with E-state index in [0.717, 1.165) is 90.9 Å². The van der Waals surface area contributed by atoms with E-state index in [4.69, 9.17) is 19.4 Å². The fraction of sp³-hybridized carbons (Fsp3) is 0.204. The van der Waals surface area contributed by atoms with Gasteiger partial charge in [0, 0.05) is 126 Å². The molecule has 111 heavy (non-hydrogen) atoms. The molecule has 16 aromatic rings. The molecular weight excluding hydrogens is 2180 g/mol. The minimum absolute atomic E-state index is 0. The predicted molar refractivity (Wildman–Crippen MR) is 464 cm³/mol. The number of furan rings is 1. The van der Waals surface area contributed by atoms with Gasteiger partial charge in [-0.1, -0.05) is 259 Å². The summed E-state index contributed by atoms with van der Waals surface area (Å²) in [6.07, 6.45) is 10.4. The van der Waals surface area contributed by atoms with Crippen LogP contribution >= 0.6 is 11.3 Å². The molecule has 0 saturated heterocycles. The first kappa shape index (κ1) is 86.2. The Balaban J connectivity index is 0.000000157. The zero-order valence-electron chi connectivity index (χ0n) is 65.5. The largest absolute Gasteiger partial charge is 0.500 e. The normalized spacial score (nSPS) is 12.3. The summed E-state index contributed by atoms with van der Waals surface area (Å²) in [5, 5.41) is 13.0. The molecule has 0 unspecified atom stereocenters. The second kappa shape index (κ2) is 34.9. The third-order valence-corrected chi connectivity index (χ3v) is 31.5. The van der Waals surface area contributed by atoms with Crippen molar-refractivity contribution in [1.82, 2.24) is 24.5 Å². The number of fused-ring (bicyclic) bond motifs is 12. The van der Waals surface area contributed by atoms with Crippen LogP contribution in [0.25, 0.3) is 126 Å². The van der Waals surface area contributed by atoms with Gasteiger partial charge in [-0.15, -0.1) is 95.1 Å². The predicted octanol–water partition coefficient (Wildman–Crippen LogP) is 22.6. The Morgan fingerprint density at radius 1 is 0.423 bits per heavy atom. The number of benzene rings is 9. The average Bonchev–Trinajstić information content (AvgIpc) is 1.59. The summed E-state index contributed by atoms with van der Waals surface area (Å²) < 4.78 is 36.1. The smallest absolute Gasteiger partial charge is 0.173 e. The van der Waals surface area contributed by atoms with Crippen molar-refractivity contribution in [2.75, 3.05) is 0 Å². The molecule has 0 aliphatic carbocycles. The van der Waals surface area contributed by atoms with E-state index < -0.39 is 42.1 Å². The van der Waals surface area contributed by atoms with E-state index in [1.807, 2.05) is 66.1 Å². The molecule has 0 N–H and O–H groups in total. The molecule has 0 amide bonds. The summed E-state index contributed by atoms with van der Waals surface area (Å²) >= 11 is 1.83. The van der Waals surface area contributed by atoms with Gasteiger partial charge in [0.05, 0.1) is 42.8 Å². The standard InChI is InChI=1S/C30H31N2Si.C22H22NSSi.C21H20NOSi.C20H18NO2SSi.4Ir/c1-21(2)17-23-19-27(31-20-30(23)33(3,4)5)22-15-16-29-26(18-22)25-13-9-10-14-28(25)32(29)24-11-7-6-8-12-24;1-5-15-13-19(23-14-22(15)25(2,3)4)16-10-11-21-18(12-16)17-8-6-7-9-20(17)24-21;1-14-11-18(22-13-21(14)24(2,3)4)15-9-10-20-17(12-15)16-7-5-6-8-19(16)23-20;1-25(2,3)15-9-10-18(21-13-15)14-8-11-20-17(12-14)16-6-4-5-7-19(16)24(20,22)23;;;;/h6-14,16,18-21H,17H2,1-5H3;6-9,11-14H,5H2,1-4H3;5-8,10-13H,1-4H3;4-7,9-13H,1-3H3;;;;/q4*-1;;;;. The number of pyridine rings is 4. The van der Waals surface area contributed by atoms with E-state index in [1.54, 1.807) is 18.2 Å². The Labute approximate surface area is 717 Å². The molecule has 0 spiro atoms. The Kier molecular flexibility index (Phi) is 27.1. The van der Waals surface area contributed by atoms with E-state index in [-0.39, 0.29) is 80.4 Å². The number of rotatable bonds is 12. The van der Waals surface area contributed by atoms with Gasteiger partial charge in [-0.3, -0.25) is 0 Å². The number of aryl methyl sites for hydroxylation is 2. The molecular formula is C93H91Ir4N5O3S2Si4-4. The molecule has 17 rings (SSSR count). The molecule has 7 aromatic heterocycles. The SMILES string of the molecule is CC(C)Cc1cc(-c2[c-]cc3c(c2)c2ccccc2n3-c2ccccc2)ncc1[Si](C)(C)C.CCc1cc(-c2[c-]cc3sc4ccccc4c3c2)ncc1[Si](C)(C)C.C[Si](C)(C)c1ccc(-c2[c-]cc3c(c2)-c2ccccc2S3(=O)=O)nc1.Cc1cc(-c2[c-]cc3oc4ccccc4c3c2)ncc1[Si](C)(C)C.[Ir].[Ir].[Ir].[Ir]. The van der Waals surface area contributed by atoms with Crippen LogP contribution in [0.1, 0.15) is 37.5 Å². The molecule has 8 nitrogen and oxygen atoms in total. The molecule has 4 radical (unpaired) electrons. The molecule has 9 aromatic carbocycles. The van der Waals surface area contributed by atoms with E-state index >= 15 is 0 Å². The Bertz CT molecular complexity index is 6180. The first-order valence-corrected chi connectivity index (χ1v) is 53.3. The van der Waals surface area contributed by atoms with Gasteiger partial charge in [-0.05, 0) is 137 Å². The Hall–Kier alpha value is -7.19. The first-order valence-electron chi connectivity index (χ1n) is 37.0. The van der Waals surface area contributed by atoms with Gasteiger partial charge in [0.1, 0.15) is 5.58 Å². The molecule has 574 valence electrons. The molecule has 0 saturated carbocycles. The minimum atomic E-state index is -3.44. The maximum Gasteiger partial charge on any atom is 0.173 e. The van der Waals surface area contributed by atoms with Crippen molar-refractivity contribution in [3.05, 3.63) is 272 Å². The van der Waals surface area contributed by atoms with E-state index in [1.165, 1.54) is 85.1 Å². The van der Waals surface area contributed by atoms with Gasteiger partial charge < -0.3 is 28.9 Å². The molecule has 1 aliphatic heterocycles. The van der Waals surface area contributed by atoms with Crippen LogP contribution in [0.2, 0.25) is 78.6 Å². The summed E-state index contributed by atoms with van der Waals surface area (Å²) in [4.78, 5) is 19.7. The number of thiophene rings is 1. The van der Waals surface area contributed by atoms with Gasteiger partial charge in [0.25, 0.3) is 0 Å². The summed E-state index contributed by atoms with van der Waals surface area (Å²) in [5.41, 5.74) is 18.9. The number of sulfone groups is 1. The topological polar surface area (TPSA) is 104 Å². The zero-order valence-corrected chi connectivity index (χ0v) is 80.8. The van der Waals surface area contributed by atoms with E-state index in [2.05, 4.69) is 298 Å². The van der Waals surface area contributed by atoms with Gasteiger partial charge in [0.2, 0.25) is 0 Å². The summed E-state index contributed by atoms with van der Waals surface area (Å²) in [7, 11) is -9.01. The summed E-state index contributed by atoms with van der Waals surface area (Å²) in [5.74, 6) is 0.616. The van der Waals surface area contributed by atoms with Crippen molar-refractivity contribution in [3.63, 3.8) is 0 Å². The first-order chi connectivity index (χ1) is 51.0. The van der Waals surface area contributed by atoms with Gasteiger partial charge >= 0.3 is 0 Å². The zero-order chi connectivity index (χ0) is 75.5. The molecule has 18 heteroatoms. The third-order valence-electron chi connectivity index (χ3n) is 20.2. The number of aromatic nitrogens is 5. The van der Waals surface area contributed by atoms with E-state index in [0.29, 0.717) is 15.7 Å². The fourth-order valence-electron chi connectivity index (χ4n) is 14.7. The van der Waals surface area contributed by atoms with Gasteiger partial charge in [0.15, 0.2) is 9.84 Å². The van der Waals surface area contributed by atoms with Crippen LogP contribution in [-0.2, 0) is 103 Å². The van der Waals surface area contributed by atoms with Crippen LogP contribution in [0.4, 0.5) is 0 Å². The van der Waals surface area contributed by atoms with Crippen molar-refractivity contribution in [2.24, 2.45) is 5.92 Å². The fourth-order valence-corrected chi connectivity index (χ4v) is 23.4. The Morgan fingerprint density at radius 3 is 1.58 bits per heavy atom. The van der Waals surface area contributed by atoms with Crippen molar-refractivity contribution < 1.29 is 93.3 Å². The van der Waals surface area contributed by atoms with E-state index in [9.17, 15) is 8.42 Å². The molecule has 1 aliphatic rings. The maximum absolute atomic E-state index is 12.6. The van der Waals surface area contributed by atoms with Gasteiger partial charge in [-0.2, -0.15) is 11.3 Å². The minimum Gasteiger partial charge on any atom is -0.500 e. The molecule has 0 atom stereocenters. The molecule has 8 heterocycles. The van der Waals surface area contributed by atoms with Crippen molar-refractivity contribution in [1.29, 1.82) is 0 Å². The molecule has 0 fully saturated rings. The second-order valence-corrected chi connectivity index (χ2v) is 55.8. The quantitative estimate of drug-likeness (QED) is 0.0886. The van der Waals surface area contributed by atoms with Crippen LogP contribution in [0.3, 0.4) is 0 Å². The Morgan fingerprint density at radius 2 is 0.946 bits per heavy atom. The number of para-hydroxylation sites is 3. The van der Waals surface area contributed by atoms with Crippen LogP contribution < -0.4 is 20.7 Å². The van der Waals surface area contributed by atoms with Crippen LogP contribution in [0.5, 0.6) is 0 Å². The third kappa shape index (κ3) is 18.2.